The summed E-state index contributed by atoms with van der Waals surface area (Å²) in [7, 11) is 0. The summed E-state index contributed by atoms with van der Waals surface area (Å²) in [6.07, 6.45) is 3.38. The van der Waals surface area contributed by atoms with Crippen LogP contribution in [-0.2, 0) is 11.3 Å². The highest BCUT2D eigenvalue weighted by atomic mass is 16.1. The smallest absolute Gasteiger partial charge is 0.223 e. The molecule has 1 amide bonds. The third-order valence-electron chi connectivity index (χ3n) is 4.14. The number of nitrogens with one attached hydrogen (secondary N) is 1. The van der Waals surface area contributed by atoms with E-state index in [1.54, 1.807) is 0 Å². The lowest BCUT2D eigenvalue weighted by Crippen LogP contribution is -2.31. The number of carbonyl (C=O) groups excluding carboxylic acids is 1. The highest BCUT2D eigenvalue weighted by molar-refractivity contribution is 5.79. The zero-order valence-corrected chi connectivity index (χ0v) is 11.2. The van der Waals surface area contributed by atoms with Gasteiger partial charge in [-0.1, -0.05) is 25.5 Å². The zero-order valence-electron chi connectivity index (χ0n) is 11.2. The van der Waals surface area contributed by atoms with Gasteiger partial charge in [-0.3, -0.25) is 4.79 Å². The largest absolute Gasteiger partial charge is 0.399 e. The molecular weight excluding hydrogens is 224 g/mol. The van der Waals surface area contributed by atoms with Gasteiger partial charge in [-0.2, -0.15) is 0 Å². The van der Waals surface area contributed by atoms with Gasteiger partial charge in [-0.25, -0.2) is 0 Å². The maximum atomic E-state index is 12.1. The summed E-state index contributed by atoms with van der Waals surface area (Å²) < 4.78 is 0. The Hall–Kier alpha value is -1.51. The lowest BCUT2D eigenvalue weighted by atomic mass is 9.97. The van der Waals surface area contributed by atoms with Gasteiger partial charge in [0.2, 0.25) is 5.91 Å². The van der Waals surface area contributed by atoms with Crippen molar-refractivity contribution in [2.45, 2.75) is 39.7 Å². The molecule has 1 aliphatic carbocycles. The van der Waals surface area contributed by atoms with E-state index in [9.17, 15) is 4.79 Å². The summed E-state index contributed by atoms with van der Waals surface area (Å²) in [5, 5.41) is 3.04. The number of carbonyl (C=O) groups is 1. The number of hydrogen-bond acceptors (Lipinski definition) is 2. The first-order valence-electron chi connectivity index (χ1n) is 6.71. The third-order valence-corrected chi connectivity index (χ3v) is 4.14. The van der Waals surface area contributed by atoms with E-state index < -0.39 is 0 Å². The van der Waals surface area contributed by atoms with E-state index in [0.29, 0.717) is 12.5 Å². The maximum Gasteiger partial charge on any atom is 0.223 e. The first-order chi connectivity index (χ1) is 8.59. The quantitative estimate of drug-likeness (QED) is 0.805. The Balaban J connectivity index is 1.95. The van der Waals surface area contributed by atoms with Crippen molar-refractivity contribution in [2.75, 3.05) is 5.73 Å². The minimum Gasteiger partial charge on any atom is -0.399 e. The van der Waals surface area contributed by atoms with E-state index in [-0.39, 0.29) is 11.8 Å². The van der Waals surface area contributed by atoms with Crippen LogP contribution in [0.2, 0.25) is 0 Å². The minimum absolute atomic E-state index is 0.196. The second-order valence-corrected chi connectivity index (χ2v) is 5.36. The van der Waals surface area contributed by atoms with Crippen LogP contribution in [0.5, 0.6) is 0 Å². The van der Waals surface area contributed by atoms with Gasteiger partial charge in [-0.15, -0.1) is 0 Å². The van der Waals surface area contributed by atoms with Crippen LogP contribution in [0.3, 0.4) is 0 Å². The van der Waals surface area contributed by atoms with Crippen LogP contribution in [0, 0.1) is 18.8 Å². The average molecular weight is 246 g/mol. The summed E-state index contributed by atoms with van der Waals surface area (Å²) >= 11 is 0. The molecule has 0 aliphatic heterocycles. The second kappa shape index (κ2) is 5.42. The summed E-state index contributed by atoms with van der Waals surface area (Å²) in [6, 6.07) is 5.84. The van der Waals surface area contributed by atoms with Crippen LogP contribution in [0.15, 0.2) is 18.2 Å². The van der Waals surface area contributed by atoms with Crippen molar-refractivity contribution in [1.82, 2.24) is 5.32 Å². The van der Waals surface area contributed by atoms with Gasteiger partial charge in [0, 0.05) is 18.2 Å². The van der Waals surface area contributed by atoms with Crippen molar-refractivity contribution in [3.63, 3.8) is 0 Å². The second-order valence-electron chi connectivity index (χ2n) is 5.36. The monoisotopic (exact) mass is 246 g/mol. The molecule has 1 aromatic carbocycles. The number of anilines is 1. The number of amides is 1. The average Bonchev–Trinajstić information content (AvgIpc) is 2.77. The summed E-state index contributed by atoms with van der Waals surface area (Å²) in [5.74, 6) is 0.917. The lowest BCUT2D eigenvalue weighted by molar-refractivity contribution is -0.126. The first-order valence-corrected chi connectivity index (χ1v) is 6.71. The molecule has 0 saturated heterocycles. The van der Waals surface area contributed by atoms with Crippen LogP contribution in [0.4, 0.5) is 5.69 Å². The van der Waals surface area contributed by atoms with Gasteiger partial charge in [0.15, 0.2) is 0 Å². The van der Waals surface area contributed by atoms with E-state index >= 15 is 0 Å². The standard InChI is InChI=1S/C15H22N2O/c1-10-5-3-7-13(10)15(18)17-9-12-6-4-8-14(16)11(12)2/h4,6,8,10,13H,3,5,7,9,16H2,1-2H3,(H,17,18). The molecule has 1 fully saturated rings. The molecule has 0 radical (unpaired) electrons. The van der Waals surface area contributed by atoms with Crippen molar-refractivity contribution in [3.05, 3.63) is 29.3 Å². The van der Waals surface area contributed by atoms with Crippen molar-refractivity contribution in [3.8, 4) is 0 Å². The molecule has 3 heteroatoms. The molecule has 1 aliphatic rings. The number of nitrogen functional groups attached to an aromatic ring is 1. The maximum absolute atomic E-state index is 12.1. The molecule has 1 aromatic rings. The van der Waals surface area contributed by atoms with Crippen LogP contribution in [0.1, 0.15) is 37.3 Å². The SMILES string of the molecule is Cc1c(N)cccc1CNC(=O)C1CCCC1C. The Kier molecular flexibility index (Phi) is 3.90. The van der Waals surface area contributed by atoms with E-state index in [0.717, 1.165) is 23.2 Å². The topological polar surface area (TPSA) is 55.1 Å². The highest BCUT2D eigenvalue weighted by Gasteiger charge is 2.29. The molecule has 98 valence electrons. The van der Waals surface area contributed by atoms with Gasteiger partial charge < -0.3 is 11.1 Å². The van der Waals surface area contributed by atoms with Crippen molar-refractivity contribution in [1.29, 1.82) is 0 Å². The fourth-order valence-electron chi connectivity index (χ4n) is 2.74. The normalized spacial score (nSPS) is 23.0. The summed E-state index contributed by atoms with van der Waals surface area (Å²) in [5.41, 5.74) is 8.82. The summed E-state index contributed by atoms with van der Waals surface area (Å²) in [6.45, 7) is 4.75. The van der Waals surface area contributed by atoms with Gasteiger partial charge in [0.1, 0.15) is 0 Å². The molecule has 0 aromatic heterocycles. The molecule has 2 rings (SSSR count). The van der Waals surface area contributed by atoms with Gasteiger partial charge in [-0.05, 0) is 42.9 Å². The zero-order chi connectivity index (χ0) is 13.1. The number of benzene rings is 1. The first kappa shape index (κ1) is 12.9. The molecule has 18 heavy (non-hydrogen) atoms. The molecule has 3 nitrogen and oxygen atoms in total. The molecule has 1 saturated carbocycles. The molecule has 0 bridgehead atoms. The molecule has 0 spiro atoms. The minimum atomic E-state index is 0.196. The van der Waals surface area contributed by atoms with E-state index in [1.807, 2.05) is 25.1 Å². The molecular formula is C15H22N2O. The molecule has 2 unspecified atom stereocenters. The number of nitrogens with two attached hydrogens (primary N) is 1. The Labute approximate surface area is 109 Å². The Morgan fingerprint density at radius 3 is 2.89 bits per heavy atom. The van der Waals surface area contributed by atoms with E-state index in [1.165, 1.54) is 12.8 Å². The Bertz CT molecular complexity index is 442. The summed E-state index contributed by atoms with van der Waals surface area (Å²) in [4.78, 5) is 12.1. The fraction of sp³-hybridized carbons (Fsp3) is 0.533. The molecule has 0 heterocycles. The lowest BCUT2D eigenvalue weighted by Gasteiger charge is -2.16. The van der Waals surface area contributed by atoms with Crippen molar-refractivity contribution < 1.29 is 4.79 Å². The van der Waals surface area contributed by atoms with Gasteiger partial charge >= 0.3 is 0 Å². The van der Waals surface area contributed by atoms with Crippen molar-refractivity contribution >= 4 is 11.6 Å². The number of rotatable bonds is 3. The molecule has 3 N–H and O–H groups in total. The van der Waals surface area contributed by atoms with Crippen LogP contribution in [-0.4, -0.2) is 5.91 Å². The van der Waals surface area contributed by atoms with E-state index in [4.69, 9.17) is 5.73 Å². The highest BCUT2D eigenvalue weighted by Crippen LogP contribution is 2.31. The Morgan fingerprint density at radius 1 is 1.44 bits per heavy atom. The number of hydrogen-bond donors (Lipinski definition) is 2. The molecule has 2 atom stereocenters. The predicted molar refractivity (Wildman–Crippen MR) is 73.9 cm³/mol. The van der Waals surface area contributed by atoms with Gasteiger partial charge in [0.25, 0.3) is 0 Å². The third kappa shape index (κ3) is 2.66. The van der Waals surface area contributed by atoms with E-state index in [2.05, 4.69) is 12.2 Å². The Morgan fingerprint density at radius 2 is 2.22 bits per heavy atom. The van der Waals surface area contributed by atoms with Crippen molar-refractivity contribution in [2.24, 2.45) is 11.8 Å². The fourth-order valence-corrected chi connectivity index (χ4v) is 2.74. The van der Waals surface area contributed by atoms with Crippen LogP contribution < -0.4 is 11.1 Å². The van der Waals surface area contributed by atoms with Gasteiger partial charge in [0.05, 0.1) is 0 Å². The predicted octanol–water partition coefficient (Wildman–Crippen LogP) is 2.63. The van der Waals surface area contributed by atoms with Crippen LogP contribution >= 0.6 is 0 Å². The van der Waals surface area contributed by atoms with Crippen LogP contribution in [0.25, 0.3) is 0 Å².